The van der Waals surface area contributed by atoms with Gasteiger partial charge in [0.15, 0.2) is 0 Å². The number of rotatable bonds is 0. The van der Waals surface area contributed by atoms with Gasteiger partial charge in [0.25, 0.3) is 0 Å². The van der Waals surface area contributed by atoms with E-state index >= 15 is 0 Å². The molecule has 0 radical (unpaired) electrons. The number of nitrogens with zero attached hydrogens (tertiary/aromatic N) is 1. The molecule has 2 rings (SSSR count). The fourth-order valence-corrected chi connectivity index (χ4v) is 1.52. The van der Waals surface area contributed by atoms with Crippen LogP contribution in [-0.2, 0) is 0 Å². The molecule has 0 aromatic carbocycles. The second-order valence-corrected chi connectivity index (χ2v) is 2.70. The summed E-state index contributed by atoms with van der Waals surface area (Å²) in [5, 5.41) is 3.34. The summed E-state index contributed by atoms with van der Waals surface area (Å²) >= 11 is 0. The highest BCUT2D eigenvalue weighted by Gasteiger charge is 2.29. The summed E-state index contributed by atoms with van der Waals surface area (Å²) in [6.07, 6.45) is 2.82. The SMILES string of the molecule is C1CC2CCN2CN1. The molecule has 2 aliphatic heterocycles. The van der Waals surface area contributed by atoms with E-state index in [9.17, 15) is 0 Å². The highest BCUT2D eigenvalue weighted by atomic mass is 15.3. The minimum absolute atomic E-state index is 0.955. The predicted octanol–water partition coefficient (Wildman–Crippen LogP) is 0.0115. The van der Waals surface area contributed by atoms with E-state index in [0.29, 0.717) is 0 Å². The first kappa shape index (κ1) is 4.77. The van der Waals surface area contributed by atoms with Crippen LogP contribution in [0, 0.1) is 0 Å². The van der Waals surface area contributed by atoms with Crippen molar-refractivity contribution in [3.05, 3.63) is 0 Å². The van der Waals surface area contributed by atoms with E-state index in [4.69, 9.17) is 0 Å². The molecule has 2 nitrogen and oxygen atoms in total. The lowest BCUT2D eigenvalue weighted by Gasteiger charge is -2.44. The zero-order chi connectivity index (χ0) is 5.40. The molecule has 1 N–H and O–H groups in total. The van der Waals surface area contributed by atoms with E-state index in [0.717, 1.165) is 12.7 Å². The minimum Gasteiger partial charge on any atom is -0.304 e. The molecule has 8 heavy (non-hydrogen) atoms. The maximum absolute atomic E-state index is 3.34. The fourth-order valence-electron chi connectivity index (χ4n) is 1.52. The van der Waals surface area contributed by atoms with Crippen molar-refractivity contribution in [1.29, 1.82) is 0 Å². The first-order valence-electron chi connectivity index (χ1n) is 3.41. The Morgan fingerprint density at radius 3 is 2.75 bits per heavy atom. The van der Waals surface area contributed by atoms with Crippen molar-refractivity contribution >= 4 is 0 Å². The van der Waals surface area contributed by atoms with E-state index in [1.807, 2.05) is 0 Å². The van der Waals surface area contributed by atoms with Gasteiger partial charge in [0, 0.05) is 19.3 Å². The van der Waals surface area contributed by atoms with Crippen molar-refractivity contribution < 1.29 is 0 Å². The van der Waals surface area contributed by atoms with Crippen LogP contribution in [0.4, 0.5) is 0 Å². The molecule has 46 valence electrons. The normalized spacial score (nSPS) is 38.2. The van der Waals surface area contributed by atoms with Gasteiger partial charge < -0.3 is 5.32 Å². The van der Waals surface area contributed by atoms with Crippen LogP contribution in [0.3, 0.4) is 0 Å². The van der Waals surface area contributed by atoms with Gasteiger partial charge in [-0.05, 0) is 19.4 Å². The summed E-state index contributed by atoms with van der Waals surface area (Å²) in [5.41, 5.74) is 0. The van der Waals surface area contributed by atoms with E-state index in [1.165, 1.54) is 25.9 Å². The molecular weight excluding hydrogens is 100 g/mol. The topological polar surface area (TPSA) is 15.3 Å². The summed E-state index contributed by atoms with van der Waals surface area (Å²) < 4.78 is 0. The summed E-state index contributed by atoms with van der Waals surface area (Å²) in [7, 11) is 0. The molecule has 0 aliphatic carbocycles. The molecule has 2 heterocycles. The van der Waals surface area contributed by atoms with Gasteiger partial charge in [-0.2, -0.15) is 0 Å². The van der Waals surface area contributed by atoms with E-state index in [1.54, 1.807) is 0 Å². The number of nitrogens with one attached hydrogen (secondary N) is 1. The molecule has 0 saturated carbocycles. The lowest BCUT2D eigenvalue weighted by Crippen LogP contribution is -2.56. The van der Waals surface area contributed by atoms with Crippen molar-refractivity contribution in [3.63, 3.8) is 0 Å². The van der Waals surface area contributed by atoms with Crippen LogP contribution in [0.15, 0.2) is 0 Å². The average molecular weight is 112 g/mol. The van der Waals surface area contributed by atoms with Crippen LogP contribution in [-0.4, -0.2) is 30.7 Å². The smallest absolute Gasteiger partial charge is 0.0483 e. The standard InChI is InChI=1S/C6H12N2/c1-3-7-5-8-4-2-6(1)8/h6-7H,1-5H2. The van der Waals surface area contributed by atoms with Crippen LogP contribution in [0.5, 0.6) is 0 Å². The molecule has 0 amide bonds. The lowest BCUT2D eigenvalue weighted by atomic mass is 9.99. The highest BCUT2D eigenvalue weighted by molar-refractivity contribution is 4.85. The number of fused-ring (bicyclic) bond motifs is 1. The van der Waals surface area contributed by atoms with Crippen LogP contribution in [0.2, 0.25) is 0 Å². The van der Waals surface area contributed by atoms with Crippen molar-refractivity contribution in [3.8, 4) is 0 Å². The van der Waals surface area contributed by atoms with Gasteiger partial charge in [-0.3, -0.25) is 4.90 Å². The Hall–Kier alpha value is -0.0800. The number of hydrogen-bond donors (Lipinski definition) is 1. The van der Waals surface area contributed by atoms with Crippen molar-refractivity contribution in [1.82, 2.24) is 10.2 Å². The Labute approximate surface area is 49.9 Å². The summed E-state index contributed by atoms with van der Waals surface area (Å²) in [6.45, 7) is 3.71. The Kier molecular flexibility index (Phi) is 1.02. The number of hydrogen-bond acceptors (Lipinski definition) is 2. The summed E-state index contributed by atoms with van der Waals surface area (Å²) in [4.78, 5) is 2.50. The van der Waals surface area contributed by atoms with Gasteiger partial charge in [-0.1, -0.05) is 0 Å². The molecule has 1 atom stereocenters. The molecule has 2 fully saturated rings. The van der Waals surface area contributed by atoms with Gasteiger partial charge in [0.2, 0.25) is 0 Å². The molecule has 2 heteroatoms. The van der Waals surface area contributed by atoms with Crippen LogP contribution >= 0.6 is 0 Å². The highest BCUT2D eigenvalue weighted by Crippen LogP contribution is 2.20. The molecule has 0 aromatic rings. The van der Waals surface area contributed by atoms with E-state index < -0.39 is 0 Å². The van der Waals surface area contributed by atoms with Crippen molar-refractivity contribution in [2.75, 3.05) is 19.8 Å². The Balaban J connectivity index is 1.92. The maximum Gasteiger partial charge on any atom is 0.0483 e. The first-order chi connectivity index (χ1) is 3.97. The third kappa shape index (κ3) is 0.565. The quantitative estimate of drug-likeness (QED) is 0.475. The van der Waals surface area contributed by atoms with E-state index in [2.05, 4.69) is 10.2 Å². The largest absolute Gasteiger partial charge is 0.304 e. The lowest BCUT2D eigenvalue weighted by molar-refractivity contribution is 0.0483. The summed E-state index contributed by atoms with van der Waals surface area (Å²) in [6, 6.07) is 0.955. The zero-order valence-corrected chi connectivity index (χ0v) is 5.06. The second kappa shape index (κ2) is 1.71. The van der Waals surface area contributed by atoms with Crippen molar-refractivity contribution in [2.24, 2.45) is 0 Å². The Morgan fingerprint density at radius 2 is 2.38 bits per heavy atom. The molecule has 0 spiro atoms. The molecule has 2 aliphatic rings. The predicted molar refractivity (Wildman–Crippen MR) is 32.6 cm³/mol. The summed E-state index contributed by atoms with van der Waals surface area (Å²) in [5.74, 6) is 0. The maximum atomic E-state index is 3.34. The van der Waals surface area contributed by atoms with Gasteiger partial charge in [-0.25, -0.2) is 0 Å². The van der Waals surface area contributed by atoms with Crippen LogP contribution in [0.25, 0.3) is 0 Å². The Morgan fingerprint density at radius 1 is 1.38 bits per heavy atom. The van der Waals surface area contributed by atoms with Gasteiger partial charge in [-0.15, -0.1) is 0 Å². The van der Waals surface area contributed by atoms with Gasteiger partial charge in [0.05, 0.1) is 0 Å². The first-order valence-corrected chi connectivity index (χ1v) is 3.41. The second-order valence-electron chi connectivity index (χ2n) is 2.70. The minimum atomic E-state index is 0.955. The van der Waals surface area contributed by atoms with Crippen molar-refractivity contribution in [2.45, 2.75) is 18.9 Å². The third-order valence-electron chi connectivity index (χ3n) is 2.24. The van der Waals surface area contributed by atoms with Gasteiger partial charge >= 0.3 is 0 Å². The molecule has 1 unspecified atom stereocenters. The molecule has 2 saturated heterocycles. The zero-order valence-electron chi connectivity index (χ0n) is 5.06. The molecular formula is C6H12N2. The van der Waals surface area contributed by atoms with Gasteiger partial charge in [0.1, 0.15) is 0 Å². The fraction of sp³-hybridized carbons (Fsp3) is 1.00. The molecule has 0 bridgehead atoms. The van der Waals surface area contributed by atoms with Crippen LogP contribution in [0.1, 0.15) is 12.8 Å². The molecule has 0 aromatic heterocycles. The average Bonchev–Trinajstić information content (AvgIpc) is 1.72. The van der Waals surface area contributed by atoms with Crippen LogP contribution < -0.4 is 5.32 Å². The van der Waals surface area contributed by atoms with E-state index in [-0.39, 0.29) is 0 Å². The Bertz CT molecular complexity index is 80.5. The monoisotopic (exact) mass is 112 g/mol. The third-order valence-corrected chi connectivity index (χ3v) is 2.24.